The van der Waals surface area contributed by atoms with Gasteiger partial charge in [-0.05, 0) is 24.3 Å². The molecule has 1 aliphatic rings. The molecule has 1 aliphatic heterocycles. The maximum absolute atomic E-state index is 13.9. The van der Waals surface area contributed by atoms with E-state index in [1.165, 1.54) is 12.1 Å². The summed E-state index contributed by atoms with van der Waals surface area (Å²) < 4.78 is 29.5. The first kappa shape index (κ1) is 13.6. The minimum absolute atomic E-state index is 0.0333. The Balaban J connectivity index is 1.78. The number of ether oxygens (including phenoxy) is 3. The number of carbonyl (C=O) groups is 1. The fourth-order valence-corrected chi connectivity index (χ4v) is 1.77. The fraction of sp³-hybridized carbons (Fsp3) is 0.188. The number of carbonyl (C=O) groups excluding carboxylic acids is 1. The predicted octanol–water partition coefficient (Wildman–Crippen LogP) is 2.82. The van der Waals surface area contributed by atoms with Gasteiger partial charge in [-0.25, -0.2) is 9.18 Å². The molecule has 3 rings (SSSR count). The topological polar surface area (TPSA) is 48.1 Å². The zero-order valence-corrected chi connectivity index (χ0v) is 11.1. The van der Waals surface area contributed by atoms with Gasteiger partial charge in [-0.2, -0.15) is 0 Å². The summed E-state index contributed by atoms with van der Waals surface area (Å²) in [4.78, 5) is 12.0. The molecule has 4 nitrogen and oxygen atoms in total. The second-order valence-electron chi connectivity index (χ2n) is 4.59. The Morgan fingerprint density at radius 1 is 1.19 bits per heavy atom. The van der Waals surface area contributed by atoms with Gasteiger partial charge in [0.25, 0.3) is 0 Å². The molecule has 21 heavy (non-hydrogen) atoms. The molecule has 0 amide bonds. The summed E-state index contributed by atoms with van der Waals surface area (Å²) in [6.45, 7) is 0.938. The largest absolute Gasteiger partial charge is 0.487 e. The van der Waals surface area contributed by atoms with E-state index in [0.717, 1.165) is 0 Å². The Labute approximate surface area is 121 Å². The van der Waals surface area contributed by atoms with Crippen molar-refractivity contribution in [3.63, 3.8) is 0 Å². The van der Waals surface area contributed by atoms with Crippen molar-refractivity contribution >= 4 is 5.97 Å². The highest BCUT2D eigenvalue weighted by Gasteiger charge is 2.24. The normalized spacial score (nSPS) is 16.3. The van der Waals surface area contributed by atoms with Gasteiger partial charge in [0.1, 0.15) is 12.7 Å². The van der Waals surface area contributed by atoms with E-state index >= 15 is 0 Å². The molecule has 108 valence electrons. The van der Waals surface area contributed by atoms with Crippen LogP contribution in [0, 0.1) is 5.82 Å². The highest BCUT2D eigenvalue weighted by atomic mass is 19.1. The number of esters is 1. The van der Waals surface area contributed by atoms with Crippen LogP contribution in [-0.2, 0) is 4.74 Å². The van der Waals surface area contributed by atoms with Crippen LogP contribution in [0.5, 0.6) is 11.5 Å². The number of hydrogen-bond donors (Lipinski definition) is 0. The SMILES string of the molecule is O=C(Oc1c(F)cccc1OCC1CO1)c1ccccc1. The molecule has 1 heterocycles. The van der Waals surface area contributed by atoms with E-state index in [-0.39, 0.29) is 17.6 Å². The van der Waals surface area contributed by atoms with Gasteiger partial charge in [0.05, 0.1) is 12.2 Å². The van der Waals surface area contributed by atoms with E-state index in [1.54, 1.807) is 36.4 Å². The number of hydrogen-bond acceptors (Lipinski definition) is 4. The Hall–Kier alpha value is -2.40. The lowest BCUT2D eigenvalue weighted by atomic mass is 10.2. The first-order chi connectivity index (χ1) is 10.2. The molecule has 0 aromatic heterocycles. The second kappa shape index (κ2) is 5.93. The minimum atomic E-state index is -0.645. The van der Waals surface area contributed by atoms with Crippen LogP contribution in [0.3, 0.4) is 0 Å². The van der Waals surface area contributed by atoms with Gasteiger partial charge in [0.15, 0.2) is 11.6 Å². The average molecular weight is 288 g/mol. The molecule has 2 aromatic carbocycles. The third kappa shape index (κ3) is 3.38. The van der Waals surface area contributed by atoms with Gasteiger partial charge in [-0.1, -0.05) is 24.3 Å². The van der Waals surface area contributed by atoms with Crippen molar-refractivity contribution in [1.29, 1.82) is 0 Å². The molecule has 1 fully saturated rings. The van der Waals surface area contributed by atoms with Gasteiger partial charge in [-0.3, -0.25) is 0 Å². The number of benzene rings is 2. The smallest absolute Gasteiger partial charge is 0.343 e. The molecule has 1 atom stereocenters. The zero-order valence-electron chi connectivity index (χ0n) is 11.1. The first-order valence-corrected chi connectivity index (χ1v) is 6.54. The Morgan fingerprint density at radius 2 is 1.95 bits per heavy atom. The second-order valence-corrected chi connectivity index (χ2v) is 4.59. The van der Waals surface area contributed by atoms with Crippen molar-refractivity contribution < 1.29 is 23.4 Å². The molecule has 2 aromatic rings. The Morgan fingerprint density at radius 3 is 2.67 bits per heavy atom. The molecule has 0 saturated carbocycles. The standard InChI is InChI=1S/C16H13FO4/c17-13-7-4-8-14(20-10-12-9-19-12)15(13)21-16(18)11-5-2-1-3-6-11/h1-8,12H,9-10H2. The zero-order chi connectivity index (χ0) is 14.7. The Kier molecular flexibility index (Phi) is 3.83. The summed E-state index contributed by atoms with van der Waals surface area (Å²) in [7, 11) is 0. The van der Waals surface area contributed by atoms with E-state index in [9.17, 15) is 9.18 Å². The molecule has 0 aliphatic carbocycles. The number of epoxide rings is 1. The van der Waals surface area contributed by atoms with Gasteiger partial charge < -0.3 is 14.2 Å². The van der Waals surface area contributed by atoms with E-state index in [2.05, 4.69) is 0 Å². The molecule has 0 bridgehead atoms. The van der Waals surface area contributed by atoms with Crippen LogP contribution in [0.15, 0.2) is 48.5 Å². The van der Waals surface area contributed by atoms with Crippen LogP contribution in [0.4, 0.5) is 4.39 Å². The summed E-state index contributed by atoms with van der Waals surface area (Å²) in [5, 5.41) is 0. The van der Waals surface area contributed by atoms with Crippen molar-refractivity contribution in [3.8, 4) is 11.5 Å². The maximum Gasteiger partial charge on any atom is 0.343 e. The van der Waals surface area contributed by atoms with Crippen LogP contribution in [0.25, 0.3) is 0 Å². The van der Waals surface area contributed by atoms with Crippen LogP contribution < -0.4 is 9.47 Å². The third-order valence-electron chi connectivity index (χ3n) is 2.96. The Bertz CT molecular complexity index is 638. The predicted molar refractivity (Wildman–Crippen MR) is 73.0 cm³/mol. The fourth-order valence-electron chi connectivity index (χ4n) is 1.77. The van der Waals surface area contributed by atoms with Crippen LogP contribution >= 0.6 is 0 Å². The maximum atomic E-state index is 13.9. The van der Waals surface area contributed by atoms with E-state index < -0.39 is 11.8 Å². The van der Waals surface area contributed by atoms with Gasteiger partial charge >= 0.3 is 5.97 Å². The summed E-state index contributed by atoms with van der Waals surface area (Å²) >= 11 is 0. The molecular formula is C16H13FO4. The van der Waals surface area contributed by atoms with Crippen LogP contribution in [-0.4, -0.2) is 25.3 Å². The first-order valence-electron chi connectivity index (χ1n) is 6.54. The highest BCUT2D eigenvalue weighted by molar-refractivity contribution is 5.91. The summed E-state index contributed by atoms with van der Waals surface area (Å²) in [5.74, 6) is -1.29. The lowest BCUT2D eigenvalue weighted by molar-refractivity contribution is 0.0720. The van der Waals surface area contributed by atoms with Crippen molar-refractivity contribution in [1.82, 2.24) is 0 Å². The summed E-state index contributed by atoms with van der Waals surface area (Å²) in [6.07, 6.45) is 0.0333. The van der Waals surface area contributed by atoms with Crippen molar-refractivity contribution in [2.24, 2.45) is 0 Å². The van der Waals surface area contributed by atoms with Crippen LogP contribution in [0.1, 0.15) is 10.4 Å². The third-order valence-corrected chi connectivity index (χ3v) is 2.96. The summed E-state index contributed by atoms with van der Waals surface area (Å²) in [5.41, 5.74) is 0.345. The van der Waals surface area contributed by atoms with Crippen LogP contribution in [0.2, 0.25) is 0 Å². The van der Waals surface area contributed by atoms with E-state index in [4.69, 9.17) is 14.2 Å². The molecule has 5 heteroatoms. The molecule has 0 N–H and O–H groups in total. The van der Waals surface area contributed by atoms with E-state index in [1.807, 2.05) is 0 Å². The average Bonchev–Trinajstić information content (AvgIpc) is 3.33. The van der Waals surface area contributed by atoms with Gasteiger partial charge in [-0.15, -0.1) is 0 Å². The number of rotatable bonds is 5. The number of para-hydroxylation sites is 1. The van der Waals surface area contributed by atoms with Crippen molar-refractivity contribution in [3.05, 3.63) is 59.9 Å². The molecule has 0 spiro atoms. The summed E-state index contributed by atoms with van der Waals surface area (Å²) in [6, 6.07) is 12.7. The molecular weight excluding hydrogens is 275 g/mol. The minimum Gasteiger partial charge on any atom is -0.487 e. The van der Waals surface area contributed by atoms with E-state index in [0.29, 0.717) is 18.8 Å². The van der Waals surface area contributed by atoms with Crippen molar-refractivity contribution in [2.45, 2.75) is 6.10 Å². The monoisotopic (exact) mass is 288 g/mol. The highest BCUT2D eigenvalue weighted by Crippen LogP contribution is 2.31. The quantitative estimate of drug-likeness (QED) is 0.482. The molecule has 1 unspecified atom stereocenters. The van der Waals surface area contributed by atoms with Crippen molar-refractivity contribution in [2.75, 3.05) is 13.2 Å². The van der Waals surface area contributed by atoms with Gasteiger partial charge in [0.2, 0.25) is 5.75 Å². The lowest BCUT2D eigenvalue weighted by Crippen LogP contribution is -2.12. The number of halogens is 1. The molecule has 0 radical (unpaired) electrons. The van der Waals surface area contributed by atoms with Gasteiger partial charge in [0, 0.05) is 0 Å². The molecule has 1 saturated heterocycles. The lowest BCUT2D eigenvalue weighted by Gasteiger charge is -2.11.